The van der Waals surface area contributed by atoms with Crippen molar-refractivity contribution in [3.63, 3.8) is 0 Å². The number of hydrogen-bond donors (Lipinski definition) is 1. The van der Waals surface area contributed by atoms with Gasteiger partial charge < -0.3 is 19.9 Å². The Morgan fingerprint density at radius 1 is 1.19 bits per heavy atom. The summed E-state index contributed by atoms with van der Waals surface area (Å²) in [7, 11) is 0. The van der Waals surface area contributed by atoms with E-state index in [1.165, 1.54) is 0 Å². The number of amides is 2. The van der Waals surface area contributed by atoms with Crippen molar-refractivity contribution in [1.29, 1.82) is 0 Å². The van der Waals surface area contributed by atoms with Gasteiger partial charge in [-0.3, -0.25) is 9.59 Å². The molecule has 0 saturated carbocycles. The van der Waals surface area contributed by atoms with Gasteiger partial charge in [0.15, 0.2) is 0 Å². The van der Waals surface area contributed by atoms with E-state index in [1.54, 1.807) is 18.7 Å². The number of thioether (sulfide) groups is 1. The van der Waals surface area contributed by atoms with Gasteiger partial charge in [-0.1, -0.05) is 19.1 Å². The monoisotopic (exact) mass is 393 g/mol. The Morgan fingerprint density at radius 2 is 1.89 bits per heavy atom. The molecule has 1 aliphatic heterocycles. The Hall–Kier alpha value is -1.89. The van der Waals surface area contributed by atoms with Crippen LogP contribution in [0.15, 0.2) is 24.3 Å². The Labute approximate surface area is 166 Å². The lowest BCUT2D eigenvalue weighted by molar-refractivity contribution is -0.136. The first kappa shape index (κ1) is 21.4. The van der Waals surface area contributed by atoms with Crippen molar-refractivity contribution in [3.8, 4) is 5.75 Å². The minimum absolute atomic E-state index is 0.0311. The number of nitrogens with zero attached hydrogens (tertiary/aromatic N) is 2. The third-order valence-corrected chi connectivity index (χ3v) is 5.31. The Bertz CT molecular complexity index is 618. The highest BCUT2D eigenvalue weighted by atomic mass is 32.2. The van der Waals surface area contributed by atoms with Gasteiger partial charge >= 0.3 is 0 Å². The van der Waals surface area contributed by atoms with Crippen molar-refractivity contribution >= 4 is 29.3 Å². The summed E-state index contributed by atoms with van der Waals surface area (Å²) in [4.78, 5) is 28.9. The SMILES string of the molecule is CCOc1ccccc1N1CCN(C(=O)C(CCSC)NC(=O)CC)CC1. The molecule has 7 heteroatoms. The normalized spacial score (nSPS) is 15.4. The molecule has 1 fully saturated rings. The van der Waals surface area contributed by atoms with Crippen LogP contribution in [0, 0.1) is 0 Å². The second-order valence-electron chi connectivity index (χ2n) is 6.47. The molecule has 1 unspecified atom stereocenters. The van der Waals surface area contributed by atoms with Gasteiger partial charge in [0, 0.05) is 32.6 Å². The molecule has 0 spiro atoms. The van der Waals surface area contributed by atoms with Crippen LogP contribution >= 0.6 is 11.8 Å². The highest BCUT2D eigenvalue weighted by molar-refractivity contribution is 7.98. The van der Waals surface area contributed by atoms with E-state index >= 15 is 0 Å². The van der Waals surface area contributed by atoms with Crippen molar-refractivity contribution in [2.45, 2.75) is 32.7 Å². The molecular formula is C20H31N3O3S. The van der Waals surface area contributed by atoms with Crippen LogP contribution < -0.4 is 15.0 Å². The van der Waals surface area contributed by atoms with Crippen LogP contribution in [-0.2, 0) is 9.59 Å². The lowest BCUT2D eigenvalue weighted by Crippen LogP contribution is -2.55. The zero-order chi connectivity index (χ0) is 19.6. The molecule has 0 radical (unpaired) electrons. The number of nitrogens with one attached hydrogen (secondary N) is 1. The molecule has 0 bridgehead atoms. The van der Waals surface area contributed by atoms with Crippen LogP contribution in [0.4, 0.5) is 5.69 Å². The number of piperazine rings is 1. The number of hydrogen-bond acceptors (Lipinski definition) is 5. The molecule has 1 atom stereocenters. The van der Waals surface area contributed by atoms with Crippen LogP contribution in [-0.4, -0.2) is 67.6 Å². The Morgan fingerprint density at radius 3 is 2.52 bits per heavy atom. The Kier molecular flexibility index (Phi) is 8.78. The zero-order valence-corrected chi connectivity index (χ0v) is 17.4. The molecule has 2 amide bonds. The number of carbonyl (C=O) groups is 2. The molecule has 6 nitrogen and oxygen atoms in total. The van der Waals surface area contributed by atoms with Crippen LogP contribution in [0.2, 0.25) is 0 Å². The average Bonchev–Trinajstić information content (AvgIpc) is 2.71. The van der Waals surface area contributed by atoms with Gasteiger partial charge in [-0.15, -0.1) is 0 Å². The third kappa shape index (κ3) is 6.06. The van der Waals surface area contributed by atoms with E-state index in [2.05, 4.69) is 16.3 Å². The summed E-state index contributed by atoms with van der Waals surface area (Å²) in [5, 5.41) is 2.89. The lowest BCUT2D eigenvalue weighted by Gasteiger charge is -2.38. The summed E-state index contributed by atoms with van der Waals surface area (Å²) < 4.78 is 5.73. The maximum absolute atomic E-state index is 12.9. The number of anilines is 1. The van der Waals surface area contributed by atoms with E-state index in [9.17, 15) is 9.59 Å². The molecule has 1 aromatic carbocycles. The summed E-state index contributed by atoms with van der Waals surface area (Å²) >= 11 is 1.69. The number of carbonyl (C=O) groups excluding carboxylic acids is 2. The zero-order valence-electron chi connectivity index (χ0n) is 16.6. The number of ether oxygens (including phenoxy) is 1. The fourth-order valence-electron chi connectivity index (χ4n) is 3.17. The van der Waals surface area contributed by atoms with Gasteiger partial charge in [-0.05, 0) is 37.5 Å². The lowest BCUT2D eigenvalue weighted by atomic mass is 10.1. The molecule has 1 aromatic rings. The van der Waals surface area contributed by atoms with Crippen molar-refractivity contribution < 1.29 is 14.3 Å². The highest BCUT2D eigenvalue weighted by Crippen LogP contribution is 2.28. The molecule has 0 aromatic heterocycles. The van der Waals surface area contributed by atoms with Gasteiger partial charge in [0.2, 0.25) is 11.8 Å². The molecule has 150 valence electrons. The van der Waals surface area contributed by atoms with Crippen molar-refractivity contribution in [1.82, 2.24) is 10.2 Å². The minimum atomic E-state index is -0.424. The predicted molar refractivity (Wildman–Crippen MR) is 112 cm³/mol. The van der Waals surface area contributed by atoms with E-state index in [4.69, 9.17) is 4.74 Å². The second kappa shape index (κ2) is 11.1. The number of para-hydroxylation sites is 2. The van der Waals surface area contributed by atoms with Gasteiger partial charge in [0.25, 0.3) is 0 Å². The van der Waals surface area contributed by atoms with Gasteiger partial charge in [-0.2, -0.15) is 11.8 Å². The number of benzene rings is 1. The highest BCUT2D eigenvalue weighted by Gasteiger charge is 2.28. The van der Waals surface area contributed by atoms with E-state index in [0.29, 0.717) is 32.5 Å². The van der Waals surface area contributed by atoms with E-state index in [0.717, 1.165) is 30.3 Å². The largest absolute Gasteiger partial charge is 0.492 e. The molecule has 0 aliphatic carbocycles. The predicted octanol–water partition coefficient (Wildman–Crippen LogP) is 2.38. The maximum atomic E-state index is 12.9. The van der Waals surface area contributed by atoms with Gasteiger partial charge in [0.1, 0.15) is 11.8 Å². The van der Waals surface area contributed by atoms with E-state index in [-0.39, 0.29) is 11.8 Å². The summed E-state index contributed by atoms with van der Waals surface area (Å²) in [6.07, 6.45) is 3.07. The average molecular weight is 394 g/mol. The standard InChI is InChI=1S/C20H31N3O3S/c1-4-19(24)21-16(10-15-27-3)20(25)23-13-11-22(12-14-23)17-8-6-7-9-18(17)26-5-2/h6-9,16H,4-5,10-15H2,1-3H3,(H,21,24). The first-order chi connectivity index (χ1) is 13.1. The van der Waals surface area contributed by atoms with Crippen LogP contribution in [0.25, 0.3) is 0 Å². The van der Waals surface area contributed by atoms with Crippen LogP contribution in [0.3, 0.4) is 0 Å². The smallest absolute Gasteiger partial charge is 0.245 e. The first-order valence-electron chi connectivity index (χ1n) is 9.64. The fraction of sp³-hybridized carbons (Fsp3) is 0.600. The van der Waals surface area contributed by atoms with Crippen molar-refractivity contribution in [2.24, 2.45) is 0 Å². The molecule has 27 heavy (non-hydrogen) atoms. The Balaban J connectivity index is 1.98. The summed E-state index contributed by atoms with van der Waals surface area (Å²) in [6.45, 7) is 7.23. The molecule has 2 rings (SSSR count). The quantitative estimate of drug-likeness (QED) is 0.698. The van der Waals surface area contributed by atoms with E-state index in [1.807, 2.05) is 36.3 Å². The molecule has 1 saturated heterocycles. The van der Waals surface area contributed by atoms with Crippen LogP contribution in [0.1, 0.15) is 26.7 Å². The van der Waals surface area contributed by atoms with Gasteiger partial charge in [0.05, 0.1) is 12.3 Å². The topological polar surface area (TPSA) is 61.9 Å². The molecule has 1 aliphatic rings. The van der Waals surface area contributed by atoms with Crippen molar-refractivity contribution in [3.05, 3.63) is 24.3 Å². The van der Waals surface area contributed by atoms with Crippen LogP contribution in [0.5, 0.6) is 5.75 Å². The first-order valence-corrected chi connectivity index (χ1v) is 11.0. The summed E-state index contributed by atoms with van der Waals surface area (Å²) in [5.74, 6) is 1.69. The van der Waals surface area contributed by atoms with Crippen molar-refractivity contribution in [2.75, 3.05) is 49.7 Å². The van der Waals surface area contributed by atoms with Gasteiger partial charge in [-0.25, -0.2) is 0 Å². The minimum Gasteiger partial charge on any atom is -0.492 e. The molecular weight excluding hydrogens is 362 g/mol. The summed E-state index contributed by atoms with van der Waals surface area (Å²) in [6, 6.07) is 7.60. The third-order valence-electron chi connectivity index (χ3n) is 4.66. The molecule has 1 heterocycles. The maximum Gasteiger partial charge on any atom is 0.245 e. The molecule has 1 N–H and O–H groups in total. The summed E-state index contributed by atoms with van der Waals surface area (Å²) in [5.41, 5.74) is 1.07. The van der Waals surface area contributed by atoms with E-state index < -0.39 is 6.04 Å². The number of rotatable bonds is 9. The fourth-order valence-corrected chi connectivity index (χ4v) is 3.64. The second-order valence-corrected chi connectivity index (χ2v) is 7.45.